The molecule has 6 heteroatoms. The number of aromatic nitrogens is 1. The van der Waals surface area contributed by atoms with Crippen molar-refractivity contribution in [2.24, 2.45) is 5.92 Å². The molecule has 0 unspecified atom stereocenters. The highest BCUT2D eigenvalue weighted by Crippen LogP contribution is 2.25. The highest BCUT2D eigenvalue weighted by Gasteiger charge is 2.21. The van der Waals surface area contributed by atoms with Gasteiger partial charge in [0.05, 0.1) is 18.2 Å². The number of halogens is 2. The summed E-state index contributed by atoms with van der Waals surface area (Å²) in [4.78, 5) is 6.18. The molecule has 0 N–H and O–H groups in total. The first-order chi connectivity index (χ1) is 12.2. The third-order valence-electron chi connectivity index (χ3n) is 4.49. The predicted octanol–water partition coefficient (Wildman–Crippen LogP) is 4.04. The van der Waals surface area contributed by atoms with E-state index in [1.165, 1.54) is 6.07 Å². The van der Waals surface area contributed by atoms with E-state index < -0.39 is 0 Å². The molecule has 130 valence electrons. The molecule has 1 aromatic heterocycles. The van der Waals surface area contributed by atoms with Crippen LogP contribution in [0.25, 0.3) is 0 Å². The monoisotopic (exact) mass is 359 g/mol. The van der Waals surface area contributed by atoms with Crippen molar-refractivity contribution in [1.82, 2.24) is 9.88 Å². The number of likely N-dealkylation sites (tertiary alicyclic amines) is 1. The van der Waals surface area contributed by atoms with Crippen molar-refractivity contribution < 1.29 is 9.13 Å². The summed E-state index contributed by atoms with van der Waals surface area (Å²) in [7, 11) is 0. The van der Waals surface area contributed by atoms with Gasteiger partial charge >= 0.3 is 0 Å². The van der Waals surface area contributed by atoms with Crippen molar-refractivity contribution >= 4 is 11.6 Å². The van der Waals surface area contributed by atoms with Crippen LogP contribution in [-0.2, 0) is 6.54 Å². The summed E-state index contributed by atoms with van der Waals surface area (Å²) in [5.41, 5.74) is 0.990. The Labute approximate surface area is 151 Å². The molecule has 1 fully saturated rings. The minimum atomic E-state index is -0.308. The molecule has 2 aromatic rings. The van der Waals surface area contributed by atoms with Gasteiger partial charge in [-0.1, -0.05) is 17.7 Å². The lowest BCUT2D eigenvalue weighted by Gasteiger charge is -2.32. The van der Waals surface area contributed by atoms with Crippen LogP contribution in [0.4, 0.5) is 4.39 Å². The number of hydrogen-bond donors (Lipinski definition) is 0. The van der Waals surface area contributed by atoms with Crippen LogP contribution in [0.2, 0.25) is 5.02 Å². The number of nitrogens with zero attached hydrogens (tertiary/aromatic N) is 3. The lowest BCUT2D eigenvalue weighted by Crippen LogP contribution is -2.35. The Hall–Kier alpha value is -2.16. The van der Waals surface area contributed by atoms with Crippen molar-refractivity contribution in [1.29, 1.82) is 5.26 Å². The summed E-state index contributed by atoms with van der Waals surface area (Å²) < 4.78 is 19.8. The summed E-state index contributed by atoms with van der Waals surface area (Å²) in [5.74, 6) is 0.821. The maximum Gasteiger partial charge on any atom is 0.141 e. The fraction of sp³-hybridized carbons (Fsp3) is 0.368. The summed E-state index contributed by atoms with van der Waals surface area (Å²) in [5, 5.41) is 9.33. The standard InChI is InChI=1S/C19H19ClFN3O/c20-17-11-23-6-3-19(17)25-13-14-4-7-24(8-5-14)12-16-2-1-15(10-22)9-18(16)21/h1-3,6,9,11,14H,4-5,7-8,12-13H2. The van der Waals surface area contributed by atoms with Gasteiger partial charge in [0.2, 0.25) is 0 Å². The number of rotatable bonds is 5. The number of benzene rings is 1. The Morgan fingerprint density at radius 1 is 1.32 bits per heavy atom. The number of nitriles is 1. The first-order valence-corrected chi connectivity index (χ1v) is 8.66. The zero-order valence-corrected chi connectivity index (χ0v) is 14.5. The average molecular weight is 360 g/mol. The Morgan fingerprint density at radius 3 is 2.80 bits per heavy atom. The third kappa shape index (κ3) is 4.68. The molecule has 1 aliphatic rings. The van der Waals surface area contributed by atoms with Gasteiger partial charge in [0, 0.05) is 30.6 Å². The molecule has 0 atom stereocenters. The molecule has 2 heterocycles. The molecular formula is C19H19ClFN3O. The second-order valence-electron chi connectivity index (χ2n) is 6.25. The maximum atomic E-state index is 14.0. The smallest absolute Gasteiger partial charge is 0.141 e. The molecule has 0 aliphatic carbocycles. The highest BCUT2D eigenvalue weighted by atomic mass is 35.5. The van der Waals surface area contributed by atoms with Gasteiger partial charge in [-0.05, 0) is 44.0 Å². The Kier molecular flexibility index (Phi) is 5.85. The van der Waals surface area contributed by atoms with Gasteiger partial charge in [-0.25, -0.2) is 4.39 Å². The van der Waals surface area contributed by atoms with E-state index in [9.17, 15) is 4.39 Å². The fourth-order valence-corrected chi connectivity index (χ4v) is 3.16. The van der Waals surface area contributed by atoms with Crippen molar-refractivity contribution in [3.8, 4) is 11.8 Å². The molecule has 0 spiro atoms. The van der Waals surface area contributed by atoms with E-state index in [2.05, 4.69) is 9.88 Å². The fourth-order valence-electron chi connectivity index (χ4n) is 2.98. The van der Waals surface area contributed by atoms with Gasteiger partial charge in [0.1, 0.15) is 16.6 Å². The van der Waals surface area contributed by atoms with E-state index in [0.717, 1.165) is 25.9 Å². The molecule has 25 heavy (non-hydrogen) atoms. The van der Waals surface area contributed by atoms with E-state index in [4.69, 9.17) is 21.6 Å². The Balaban J connectivity index is 1.47. The summed E-state index contributed by atoms with van der Waals surface area (Å²) in [6.45, 7) is 3.00. The highest BCUT2D eigenvalue weighted by molar-refractivity contribution is 6.31. The van der Waals surface area contributed by atoms with E-state index in [1.807, 2.05) is 6.07 Å². The van der Waals surface area contributed by atoms with Gasteiger partial charge in [0.25, 0.3) is 0 Å². The zero-order valence-electron chi connectivity index (χ0n) is 13.8. The normalized spacial score (nSPS) is 15.7. The summed E-state index contributed by atoms with van der Waals surface area (Å²) in [6, 6.07) is 8.39. The lowest BCUT2D eigenvalue weighted by molar-refractivity contribution is 0.136. The molecule has 4 nitrogen and oxygen atoms in total. The molecule has 0 bridgehead atoms. The Bertz CT molecular complexity index is 770. The van der Waals surface area contributed by atoms with Crippen LogP contribution in [0, 0.1) is 23.1 Å². The van der Waals surface area contributed by atoms with E-state index in [1.54, 1.807) is 30.6 Å². The third-order valence-corrected chi connectivity index (χ3v) is 4.78. The van der Waals surface area contributed by atoms with Crippen LogP contribution < -0.4 is 4.74 Å². The van der Waals surface area contributed by atoms with Crippen LogP contribution in [0.5, 0.6) is 5.75 Å². The van der Waals surface area contributed by atoms with Crippen LogP contribution in [-0.4, -0.2) is 29.6 Å². The largest absolute Gasteiger partial charge is 0.492 e. The molecule has 0 radical (unpaired) electrons. The van der Waals surface area contributed by atoms with Gasteiger partial charge in [-0.15, -0.1) is 0 Å². The first kappa shape index (κ1) is 17.7. The van der Waals surface area contributed by atoms with Crippen LogP contribution >= 0.6 is 11.6 Å². The minimum absolute atomic E-state index is 0.308. The topological polar surface area (TPSA) is 49.2 Å². The second-order valence-corrected chi connectivity index (χ2v) is 6.66. The number of pyridine rings is 1. The number of hydrogen-bond acceptors (Lipinski definition) is 4. The van der Waals surface area contributed by atoms with Crippen LogP contribution in [0.3, 0.4) is 0 Å². The van der Waals surface area contributed by atoms with E-state index >= 15 is 0 Å². The summed E-state index contributed by atoms with van der Waals surface area (Å²) in [6.07, 6.45) is 5.24. The molecule has 3 rings (SSSR count). The van der Waals surface area contributed by atoms with Crippen molar-refractivity contribution in [3.63, 3.8) is 0 Å². The Morgan fingerprint density at radius 2 is 2.12 bits per heavy atom. The van der Waals surface area contributed by atoms with Crippen molar-refractivity contribution in [2.45, 2.75) is 19.4 Å². The zero-order chi connectivity index (χ0) is 17.6. The van der Waals surface area contributed by atoms with Crippen molar-refractivity contribution in [2.75, 3.05) is 19.7 Å². The molecular weight excluding hydrogens is 341 g/mol. The molecule has 1 aromatic carbocycles. The van der Waals surface area contributed by atoms with E-state index in [0.29, 0.717) is 41.0 Å². The van der Waals surface area contributed by atoms with Gasteiger partial charge in [-0.3, -0.25) is 9.88 Å². The number of ether oxygens (including phenoxy) is 1. The van der Waals surface area contributed by atoms with Gasteiger partial charge < -0.3 is 4.74 Å². The molecule has 0 saturated carbocycles. The van der Waals surface area contributed by atoms with E-state index in [-0.39, 0.29) is 5.82 Å². The SMILES string of the molecule is N#Cc1ccc(CN2CCC(COc3ccncc3Cl)CC2)c(F)c1. The van der Waals surface area contributed by atoms with Crippen LogP contribution in [0.15, 0.2) is 36.7 Å². The molecule has 1 aliphatic heterocycles. The minimum Gasteiger partial charge on any atom is -0.492 e. The van der Waals surface area contributed by atoms with Gasteiger partial charge in [0.15, 0.2) is 0 Å². The average Bonchev–Trinajstić information content (AvgIpc) is 2.64. The lowest BCUT2D eigenvalue weighted by atomic mass is 9.97. The maximum absolute atomic E-state index is 14.0. The van der Waals surface area contributed by atoms with Crippen molar-refractivity contribution in [3.05, 3.63) is 58.6 Å². The van der Waals surface area contributed by atoms with Gasteiger partial charge in [-0.2, -0.15) is 5.26 Å². The summed E-state index contributed by atoms with van der Waals surface area (Å²) >= 11 is 6.04. The quantitative estimate of drug-likeness (QED) is 0.808. The predicted molar refractivity (Wildman–Crippen MR) is 93.9 cm³/mol. The van der Waals surface area contributed by atoms with Crippen LogP contribution in [0.1, 0.15) is 24.0 Å². The second kappa shape index (κ2) is 8.28. The molecule has 1 saturated heterocycles. The number of piperidine rings is 1. The first-order valence-electron chi connectivity index (χ1n) is 8.29. The molecule has 0 amide bonds.